The number of rotatable bonds is 8. The molecule has 3 rings (SSSR count). The summed E-state index contributed by atoms with van der Waals surface area (Å²) in [5, 5.41) is 9.66. The monoisotopic (exact) mass is 422 g/mol. The van der Waals surface area contributed by atoms with Gasteiger partial charge in [-0.1, -0.05) is 36.4 Å². The minimum absolute atomic E-state index is 0.0769. The van der Waals surface area contributed by atoms with Gasteiger partial charge in [-0.2, -0.15) is 0 Å². The van der Waals surface area contributed by atoms with Crippen molar-refractivity contribution in [1.82, 2.24) is 20.5 Å². The first-order chi connectivity index (χ1) is 15.1. The summed E-state index contributed by atoms with van der Waals surface area (Å²) in [5.74, 6) is 1.29. The zero-order valence-electron chi connectivity index (χ0n) is 18.6. The van der Waals surface area contributed by atoms with Crippen molar-refractivity contribution in [2.75, 3.05) is 31.5 Å². The predicted octanol–water partition coefficient (Wildman–Crippen LogP) is 2.94. The summed E-state index contributed by atoms with van der Waals surface area (Å²) in [6.07, 6.45) is 2.48. The number of nitrogens with zero attached hydrogens (tertiary/aromatic N) is 3. The second kappa shape index (κ2) is 12.1. The molecule has 31 heavy (non-hydrogen) atoms. The molecule has 1 amide bonds. The molecule has 3 N–H and O–H groups in total. The van der Waals surface area contributed by atoms with Gasteiger partial charge in [0, 0.05) is 44.3 Å². The number of hydrogen-bond donors (Lipinski definition) is 3. The number of carbonyl (C=O) groups excluding carboxylic acids is 1. The van der Waals surface area contributed by atoms with Crippen LogP contribution in [0.15, 0.2) is 53.5 Å². The Balaban J connectivity index is 1.41. The molecule has 0 radical (unpaired) electrons. The Kier molecular flexibility index (Phi) is 8.84. The topological polar surface area (TPSA) is 81.6 Å². The van der Waals surface area contributed by atoms with E-state index in [2.05, 4.69) is 68.1 Å². The summed E-state index contributed by atoms with van der Waals surface area (Å²) in [5.41, 5.74) is 2.24. The molecule has 1 aromatic carbocycles. The fourth-order valence-corrected chi connectivity index (χ4v) is 3.68. The van der Waals surface area contributed by atoms with E-state index in [0.717, 1.165) is 50.7 Å². The van der Waals surface area contributed by atoms with Crippen LogP contribution in [-0.4, -0.2) is 54.0 Å². The summed E-state index contributed by atoms with van der Waals surface area (Å²) in [6.45, 7) is 8.32. The molecule has 1 saturated heterocycles. The van der Waals surface area contributed by atoms with Crippen molar-refractivity contribution in [2.45, 2.75) is 45.7 Å². The van der Waals surface area contributed by atoms with E-state index in [1.807, 2.05) is 19.1 Å². The van der Waals surface area contributed by atoms with Crippen molar-refractivity contribution in [3.63, 3.8) is 0 Å². The molecule has 0 unspecified atom stereocenters. The summed E-state index contributed by atoms with van der Waals surface area (Å²) in [4.78, 5) is 23.6. The molecule has 1 aliphatic heterocycles. The van der Waals surface area contributed by atoms with Crippen LogP contribution < -0.4 is 16.0 Å². The Morgan fingerprint density at radius 3 is 2.61 bits per heavy atom. The normalized spacial score (nSPS) is 15.5. The number of aromatic nitrogens is 1. The molecule has 0 aliphatic carbocycles. The molecule has 0 saturated carbocycles. The lowest BCUT2D eigenvalue weighted by Crippen LogP contribution is -2.48. The van der Waals surface area contributed by atoms with Crippen LogP contribution in [0.3, 0.4) is 0 Å². The SMILES string of the molecule is CCNC(=NCCC(=O)Nc1cccc(C)n1)NC1CCN(Cc2ccccc2)CC1. The lowest BCUT2D eigenvalue weighted by Gasteiger charge is -2.33. The van der Waals surface area contributed by atoms with E-state index < -0.39 is 0 Å². The Bertz CT molecular complexity index is 846. The molecule has 0 bridgehead atoms. The number of carbonyl (C=O) groups is 1. The largest absolute Gasteiger partial charge is 0.357 e. The lowest BCUT2D eigenvalue weighted by molar-refractivity contribution is -0.116. The lowest BCUT2D eigenvalue weighted by atomic mass is 10.0. The van der Waals surface area contributed by atoms with Crippen molar-refractivity contribution in [3.8, 4) is 0 Å². The number of pyridine rings is 1. The van der Waals surface area contributed by atoms with E-state index in [-0.39, 0.29) is 5.91 Å². The van der Waals surface area contributed by atoms with Gasteiger partial charge in [-0.3, -0.25) is 14.7 Å². The number of anilines is 1. The van der Waals surface area contributed by atoms with Gasteiger partial charge in [0.15, 0.2) is 5.96 Å². The molecule has 2 aromatic rings. The highest BCUT2D eigenvalue weighted by Gasteiger charge is 2.20. The van der Waals surface area contributed by atoms with Crippen molar-refractivity contribution in [3.05, 3.63) is 59.8 Å². The molecule has 0 atom stereocenters. The molecule has 166 valence electrons. The first-order valence-corrected chi connectivity index (χ1v) is 11.2. The van der Waals surface area contributed by atoms with Gasteiger partial charge in [0.25, 0.3) is 0 Å². The molecule has 0 spiro atoms. The number of aryl methyl sites for hydroxylation is 1. The average Bonchev–Trinajstić information content (AvgIpc) is 2.76. The highest BCUT2D eigenvalue weighted by atomic mass is 16.1. The number of benzene rings is 1. The molecule has 1 fully saturated rings. The Labute approximate surface area is 185 Å². The maximum atomic E-state index is 12.2. The zero-order valence-corrected chi connectivity index (χ0v) is 18.6. The molecule has 1 aromatic heterocycles. The maximum absolute atomic E-state index is 12.2. The van der Waals surface area contributed by atoms with Gasteiger partial charge in [-0.05, 0) is 44.4 Å². The van der Waals surface area contributed by atoms with Crippen LogP contribution >= 0.6 is 0 Å². The van der Waals surface area contributed by atoms with E-state index in [1.165, 1.54) is 5.56 Å². The van der Waals surface area contributed by atoms with Crippen LogP contribution in [0.4, 0.5) is 5.82 Å². The smallest absolute Gasteiger partial charge is 0.227 e. The van der Waals surface area contributed by atoms with E-state index in [4.69, 9.17) is 0 Å². The van der Waals surface area contributed by atoms with Gasteiger partial charge in [-0.25, -0.2) is 4.98 Å². The molecular weight excluding hydrogens is 388 g/mol. The van der Waals surface area contributed by atoms with Crippen molar-refractivity contribution < 1.29 is 4.79 Å². The maximum Gasteiger partial charge on any atom is 0.227 e. The number of piperidine rings is 1. The molecular formula is C24H34N6O. The second-order valence-corrected chi connectivity index (χ2v) is 7.90. The molecule has 7 heteroatoms. The van der Waals surface area contributed by atoms with E-state index in [0.29, 0.717) is 24.8 Å². The van der Waals surface area contributed by atoms with Gasteiger partial charge in [-0.15, -0.1) is 0 Å². The van der Waals surface area contributed by atoms with Gasteiger partial charge >= 0.3 is 0 Å². The van der Waals surface area contributed by atoms with Gasteiger partial charge in [0.2, 0.25) is 5.91 Å². The van der Waals surface area contributed by atoms with E-state index in [9.17, 15) is 4.79 Å². The van der Waals surface area contributed by atoms with Crippen LogP contribution in [0.25, 0.3) is 0 Å². The molecule has 1 aliphatic rings. The summed E-state index contributed by atoms with van der Waals surface area (Å²) in [7, 11) is 0. The van der Waals surface area contributed by atoms with Gasteiger partial charge in [0.1, 0.15) is 5.82 Å². The Morgan fingerprint density at radius 2 is 1.90 bits per heavy atom. The minimum Gasteiger partial charge on any atom is -0.357 e. The van der Waals surface area contributed by atoms with Crippen molar-refractivity contribution in [1.29, 1.82) is 0 Å². The summed E-state index contributed by atoms with van der Waals surface area (Å²) in [6, 6.07) is 16.6. The van der Waals surface area contributed by atoms with E-state index in [1.54, 1.807) is 6.07 Å². The number of likely N-dealkylation sites (tertiary alicyclic amines) is 1. The predicted molar refractivity (Wildman–Crippen MR) is 126 cm³/mol. The first kappa shape index (κ1) is 22.7. The summed E-state index contributed by atoms with van der Waals surface area (Å²) >= 11 is 0. The molecule has 7 nitrogen and oxygen atoms in total. The molecule has 2 heterocycles. The fraction of sp³-hybridized carbons (Fsp3) is 0.458. The van der Waals surface area contributed by atoms with Crippen molar-refractivity contribution in [2.24, 2.45) is 4.99 Å². The third kappa shape index (κ3) is 8.02. The van der Waals surface area contributed by atoms with E-state index >= 15 is 0 Å². The first-order valence-electron chi connectivity index (χ1n) is 11.2. The van der Waals surface area contributed by atoms with Crippen LogP contribution in [0, 0.1) is 6.92 Å². The number of aliphatic imine (C=N–C) groups is 1. The van der Waals surface area contributed by atoms with Gasteiger partial charge < -0.3 is 16.0 Å². The van der Waals surface area contributed by atoms with Crippen LogP contribution in [0.2, 0.25) is 0 Å². The second-order valence-electron chi connectivity index (χ2n) is 7.90. The highest BCUT2D eigenvalue weighted by Crippen LogP contribution is 2.14. The standard InChI is InChI=1S/C24H34N6O/c1-3-25-24(26-15-12-23(31)29-22-11-7-8-19(2)27-22)28-21-13-16-30(17-14-21)18-20-9-5-4-6-10-20/h4-11,21H,3,12-18H2,1-2H3,(H2,25,26,28)(H,27,29,31). The Morgan fingerprint density at radius 1 is 1.13 bits per heavy atom. The third-order valence-corrected chi connectivity index (χ3v) is 5.29. The van der Waals surface area contributed by atoms with Crippen LogP contribution in [0.5, 0.6) is 0 Å². The number of amides is 1. The highest BCUT2D eigenvalue weighted by molar-refractivity contribution is 5.90. The van der Waals surface area contributed by atoms with Crippen LogP contribution in [-0.2, 0) is 11.3 Å². The zero-order chi connectivity index (χ0) is 21.9. The summed E-state index contributed by atoms with van der Waals surface area (Å²) < 4.78 is 0. The average molecular weight is 423 g/mol. The quantitative estimate of drug-likeness (QED) is 0.450. The Hall–Kier alpha value is -2.93. The number of hydrogen-bond acceptors (Lipinski definition) is 4. The third-order valence-electron chi connectivity index (χ3n) is 5.29. The van der Waals surface area contributed by atoms with Crippen LogP contribution in [0.1, 0.15) is 37.4 Å². The number of guanidine groups is 1. The number of nitrogens with one attached hydrogen (secondary N) is 3. The van der Waals surface area contributed by atoms with Crippen molar-refractivity contribution >= 4 is 17.7 Å². The minimum atomic E-state index is -0.0769. The van der Waals surface area contributed by atoms with Gasteiger partial charge in [0.05, 0.1) is 6.54 Å². The fourth-order valence-electron chi connectivity index (χ4n) is 3.68.